The average Bonchev–Trinajstić information content (AvgIpc) is 2.95. The highest BCUT2D eigenvalue weighted by Gasteiger charge is 2.12. The number of nitrogens with one attached hydrogen (secondary N) is 1. The molecule has 0 aliphatic carbocycles. The van der Waals surface area contributed by atoms with Crippen LogP contribution in [0.4, 0.5) is 11.4 Å². The number of nitrogens with zero attached hydrogens (tertiary/aromatic N) is 1. The fourth-order valence-corrected chi connectivity index (χ4v) is 2.29. The fraction of sp³-hybridized carbons (Fsp3) is 0.333. The first-order chi connectivity index (χ1) is 9.67. The van der Waals surface area contributed by atoms with Crippen molar-refractivity contribution in [3.05, 3.63) is 36.0 Å². The van der Waals surface area contributed by atoms with Crippen LogP contribution in [-0.2, 0) is 0 Å². The minimum absolute atomic E-state index is 0.0429. The molecule has 1 aromatic carbocycles. The number of nitrogens with two attached hydrogens (primary N) is 1. The van der Waals surface area contributed by atoms with E-state index in [1.54, 1.807) is 0 Å². The molecule has 0 spiro atoms. The van der Waals surface area contributed by atoms with Gasteiger partial charge in [0.15, 0.2) is 0 Å². The van der Waals surface area contributed by atoms with Gasteiger partial charge in [-0.05, 0) is 36.8 Å². The zero-order valence-corrected chi connectivity index (χ0v) is 11.6. The molecule has 1 aromatic heterocycles. The minimum Gasteiger partial charge on any atom is -0.398 e. The van der Waals surface area contributed by atoms with Crippen LogP contribution >= 0.6 is 0 Å². The van der Waals surface area contributed by atoms with Crippen LogP contribution in [0.1, 0.15) is 5.56 Å². The standard InChI is InChI=1S/C15H21N3O2/c1-11-9-12(18(5-7-19)6-8-20)10-13(15(11)16)14-3-2-4-17-14/h2-4,9-10,17,19-20H,5-8,16H2,1H3. The highest BCUT2D eigenvalue weighted by molar-refractivity contribution is 5.80. The lowest BCUT2D eigenvalue weighted by molar-refractivity contribution is 0.281. The maximum Gasteiger partial charge on any atom is 0.0606 e. The van der Waals surface area contributed by atoms with Crippen molar-refractivity contribution in [3.63, 3.8) is 0 Å². The van der Waals surface area contributed by atoms with Crippen LogP contribution < -0.4 is 10.6 Å². The molecule has 1 heterocycles. The Bertz CT molecular complexity index is 546. The summed E-state index contributed by atoms with van der Waals surface area (Å²) in [5, 5.41) is 18.3. The summed E-state index contributed by atoms with van der Waals surface area (Å²) < 4.78 is 0. The average molecular weight is 275 g/mol. The van der Waals surface area contributed by atoms with E-state index < -0.39 is 0 Å². The Balaban J connectivity index is 2.44. The van der Waals surface area contributed by atoms with Gasteiger partial charge in [-0.1, -0.05) is 0 Å². The summed E-state index contributed by atoms with van der Waals surface area (Å²) in [6.45, 7) is 3.01. The van der Waals surface area contributed by atoms with Gasteiger partial charge in [0, 0.05) is 41.9 Å². The third-order valence-electron chi connectivity index (χ3n) is 3.36. The molecule has 5 nitrogen and oxygen atoms in total. The second-order valence-corrected chi connectivity index (χ2v) is 4.74. The number of nitrogen functional groups attached to an aromatic ring is 1. The van der Waals surface area contributed by atoms with Gasteiger partial charge in [0.05, 0.1) is 13.2 Å². The molecule has 0 saturated heterocycles. The van der Waals surface area contributed by atoms with Crippen molar-refractivity contribution in [1.82, 2.24) is 4.98 Å². The maximum absolute atomic E-state index is 9.15. The molecule has 2 rings (SSSR count). The lowest BCUT2D eigenvalue weighted by Crippen LogP contribution is -2.29. The largest absolute Gasteiger partial charge is 0.398 e. The van der Waals surface area contributed by atoms with Crippen LogP contribution in [0.15, 0.2) is 30.5 Å². The number of hydrogen-bond donors (Lipinski definition) is 4. The molecule has 0 fully saturated rings. The minimum atomic E-state index is 0.0429. The van der Waals surface area contributed by atoms with E-state index in [0.29, 0.717) is 13.1 Å². The van der Waals surface area contributed by atoms with Gasteiger partial charge in [-0.15, -0.1) is 0 Å². The molecule has 0 bridgehead atoms. The maximum atomic E-state index is 9.15. The fourth-order valence-electron chi connectivity index (χ4n) is 2.29. The highest BCUT2D eigenvalue weighted by atomic mass is 16.3. The summed E-state index contributed by atoms with van der Waals surface area (Å²) >= 11 is 0. The van der Waals surface area contributed by atoms with E-state index in [4.69, 9.17) is 15.9 Å². The Hall–Kier alpha value is -1.98. The van der Waals surface area contributed by atoms with E-state index >= 15 is 0 Å². The van der Waals surface area contributed by atoms with Gasteiger partial charge >= 0.3 is 0 Å². The molecule has 0 radical (unpaired) electrons. The number of aliphatic hydroxyl groups excluding tert-OH is 2. The number of hydrogen-bond acceptors (Lipinski definition) is 4. The number of rotatable bonds is 6. The number of benzene rings is 1. The van der Waals surface area contributed by atoms with Crippen LogP contribution in [-0.4, -0.2) is 41.5 Å². The molecule has 0 saturated carbocycles. The summed E-state index contributed by atoms with van der Waals surface area (Å²) in [6.07, 6.45) is 1.86. The molecule has 5 heteroatoms. The molecule has 2 aromatic rings. The molecular weight excluding hydrogens is 254 g/mol. The monoisotopic (exact) mass is 275 g/mol. The predicted molar refractivity (Wildman–Crippen MR) is 81.8 cm³/mol. The molecule has 108 valence electrons. The van der Waals surface area contributed by atoms with Crippen LogP contribution in [0, 0.1) is 6.92 Å². The molecule has 20 heavy (non-hydrogen) atoms. The first-order valence-electron chi connectivity index (χ1n) is 6.68. The van der Waals surface area contributed by atoms with E-state index in [-0.39, 0.29) is 13.2 Å². The predicted octanol–water partition coefficient (Wildman–Crippen LogP) is 1.36. The number of H-pyrrole nitrogens is 1. The zero-order valence-electron chi connectivity index (χ0n) is 11.6. The molecule has 0 atom stereocenters. The lowest BCUT2D eigenvalue weighted by atomic mass is 10.0. The Kier molecular flexibility index (Phi) is 4.65. The number of aryl methyl sites for hydroxylation is 1. The Labute approximate surface area is 118 Å². The van der Waals surface area contributed by atoms with Crippen molar-refractivity contribution in [2.24, 2.45) is 0 Å². The van der Waals surface area contributed by atoms with Crippen LogP contribution in [0.3, 0.4) is 0 Å². The van der Waals surface area contributed by atoms with Gasteiger partial charge in [0.25, 0.3) is 0 Å². The Morgan fingerprint density at radius 3 is 2.45 bits per heavy atom. The molecule has 0 amide bonds. The Morgan fingerprint density at radius 1 is 1.20 bits per heavy atom. The first-order valence-corrected chi connectivity index (χ1v) is 6.68. The molecule has 5 N–H and O–H groups in total. The first kappa shape index (κ1) is 14.4. The van der Waals surface area contributed by atoms with Crippen molar-refractivity contribution in [2.45, 2.75) is 6.92 Å². The van der Waals surface area contributed by atoms with Gasteiger partial charge in [-0.25, -0.2) is 0 Å². The van der Waals surface area contributed by atoms with Crippen molar-refractivity contribution in [3.8, 4) is 11.3 Å². The summed E-state index contributed by atoms with van der Waals surface area (Å²) in [4.78, 5) is 5.10. The highest BCUT2D eigenvalue weighted by Crippen LogP contribution is 2.32. The Morgan fingerprint density at radius 2 is 1.90 bits per heavy atom. The smallest absolute Gasteiger partial charge is 0.0606 e. The van der Waals surface area contributed by atoms with Gasteiger partial charge in [-0.3, -0.25) is 0 Å². The second kappa shape index (κ2) is 6.45. The van der Waals surface area contributed by atoms with Crippen molar-refractivity contribution in [2.75, 3.05) is 36.9 Å². The van der Waals surface area contributed by atoms with Crippen molar-refractivity contribution >= 4 is 11.4 Å². The zero-order chi connectivity index (χ0) is 14.5. The summed E-state index contributed by atoms with van der Waals surface area (Å²) in [5.41, 5.74) is 10.7. The van der Waals surface area contributed by atoms with E-state index in [1.165, 1.54) is 0 Å². The SMILES string of the molecule is Cc1cc(N(CCO)CCO)cc(-c2ccc[nH]2)c1N. The molecule has 0 unspecified atom stereocenters. The van der Waals surface area contributed by atoms with Crippen molar-refractivity contribution in [1.29, 1.82) is 0 Å². The summed E-state index contributed by atoms with van der Waals surface area (Å²) in [7, 11) is 0. The van der Waals surface area contributed by atoms with Crippen molar-refractivity contribution < 1.29 is 10.2 Å². The number of anilines is 2. The van der Waals surface area contributed by atoms with Gasteiger partial charge in [-0.2, -0.15) is 0 Å². The number of aliphatic hydroxyl groups is 2. The second-order valence-electron chi connectivity index (χ2n) is 4.74. The van der Waals surface area contributed by atoms with Gasteiger partial charge in [0.2, 0.25) is 0 Å². The van der Waals surface area contributed by atoms with Gasteiger partial charge < -0.3 is 25.8 Å². The topological polar surface area (TPSA) is 85.5 Å². The lowest BCUT2D eigenvalue weighted by Gasteiger charge is -2.24. The number of aromatic amines is 1. The van der Waals surface area contributed by atoms with Crippen LogP contribution in [0.5, 0.6) is 0 Å². The molecular formula is C15H21N3O2. The van der Waals surface area contributed by atoms with E-state index in [9.17, 15) is 0 Å². The third-order valence-corrected chi connectivity index (χ3v) is 3.36. The van der Waals surface area contributed by atoms with Crippen LogP contribution in [0.25, 0.3) is 11.3 Å². The number of aromatic nitrogens is 1. The normalized spacial score (nSPS) is 10.8. The third kappa shape index (κ3) is 2.95. The summed E-state index contributed by atoms with van der Waals surface area (Å²) in [6, 6.07) is 7.86. The van der Waals surface area contributed by atoms with E-state index in [1.807, 2.05) is 42.3 Å². The van der Waals surface area contributed by atoms with E-state index in [2.05, 4.69) is 4.98 Å². The molecule has 0 aliphatic heterocycles. The quantitative estimate of drug-likeness (QED) is 0.600. The molecule has 0 aliphatic rings. The summed E-state index contributed by atoms with van der Waals surface area (Å²) in [5.74, 6) is 0. The van der Waals surface area contributed by atoms with Crippen LogP contribution in [0.2, 0.25) is 0 Å². The van der Waals surface area contributed by atoms with E-state index in [0.717, 1.165) is 28.2 Å². The van der Waals surface area contributed by atoms with Gasteiger partial charge in [0.1, 0.15) is 0 Å².